The molecule has 5 heteroatoms. The Labute approximate surface area is 127 Å². The first kappa shape index (κ1) is 20.3. The van der Waals surface area contributed by atoms with Crippen LogP contribution in [-0.2, 0) is 9.53 Å². The van der Waals surface area contributed by atoms with Crippen molar-refractivity contribution in [2.45, 2.75) is 66.7 Å². The maximum absolute atomic E-state index is 13.6. The minimum atomic E-state index is -3.30. The van der Waals surface area contributed by atoms with Crippen LogP contribution in [0.3, 0.4) is 0 Å². The molecule has 0 radical (unpaired) electrons. The van der Waals surface area contributed by atoms with Gasteiger partial charge >= 0.3 is 5.92 Å². The molecule has 0 spiro atoms. The van der Waals surface area contributed by atoms with Gasteiger partial charge in [-0.25, -0.2) is 0 Å². The Kier molecular flexibility index (Phi) is 7.79. The third-order valence-electron chi connectivity index (χ3n) is 2.68. The van der Waals surface area contributed by atoms with E-state index in [1.807, 2.05) is 20.8 Å². The number of halogens is 2. The molecular formula is C16H31F2NO2. The molecule has 1 N–H and O–H groups in total. The van der Waals surface area contributed by atoms with Gasteiger partial charge in [-0.05, 0) is 23.7 Å². The lowest BCUT2D eigenvalue weighted by atomic mass is 9.97. The highest BCUT2D eigenvalue weighted by Gasteiger charge is 2.38. The summed E-state index contributed by atoms with van der Waals surface area (Å²) in [6.07, 6.45) is 0.389. The van der Waals surface area contributed by atoms with Crippen molar-refractivity contribution in [2.75, 3.05) is 19.8 Å². The molecule has 0 fully saturated rings. The van der Waals surface area contributed by atoms with Crippen molar-refractivity contribution in [3.8, 4) is 0 Å². The van der Waals surface area contributed by atoms with E-state index >= 15 is 0 Å². The summed E-state index contributed by atoms with van der Waals surface area (Å²) >= 11 is 0. The van der Waals surface area contributed by atoms with Gasteiger partial charge in [-0.15, -0.1) is 0 Å². The zero-order chi connectivity index (χ0) is 16.7. The van der Waals surface area contributed by atoms with E-state index < -0.39 is 18.3 Å². The van der Waals surface area contributed by atoms with Crippen molar-refractivity contribution >= 4 is 5.91 Å². The molecule has 1 amide bonds. The average Bonchev–Trinajstić information content (AvgIpc) is 2.28. The number of amides is 1. The summed E-state index contributed by atoms with van der Waals surface area (Å²) in [5, 5.41) is 2.31. The van der Waals surface area contributed by atoms with Gasteiger partial charge in [0.1, 0.15) is 0 Å². The van der Waals surface area contributed by atoms with Gasteiger partial charge in [-0.1, -0.05) is 41.5 Å². The van der Waals surface area contributed by atoms with Crippen LogP contribution in [0, 0.1) is 10.8 Å². The van der Waals surface area contributed by atoms with E-state index in [2.05, 4.69) is 26.1 Å². The van der Waals surface area contributed by atoms with Crippen molar-refractivity contribution in [1.82, 2.24) is 5.32 Å². The standard InChI is InChI=1S/C16H31F2NO2/c1-14(2,3)11-19-13(20)16(17,18)9-7-8-10-21-12-15(4,5)6/h7-12H2,1-6H3,(H,19,20). The Bertz CT molecular complexity index is 317. The maximum Gasteiger partial charge on any atom is 0.324 e. The van der Waals surface area contributed by atoms with E-state index in [1.54, 1.807) is 0 Å². The quantitative estimate of drug-likeness (QED) is 0.688. The molecule has 0 heterocycles. The fourth-order valence-corrected chi connectivity index (χ4v) is 1.52. The van der Waals surface area contributed by atoms with Gasteiger partial charge in [-0.2, -0.15) is 8.78 Å². The molecule has 126 valence electrons. The van der Waals surface area contributed by atoms with E-state index in [9.17, 15) is 13.6 Å². The second-order valence-electron chi connectivity index (χ2n) is 8.02. The van der Waals surface area contributed by atoms with Crippen LogP contribution in [0.2, 0.25) is 0 Å². The Balaban J connectivity index is 3.89. The predicted molar refractivity (Wildman–Crippen MR) is 81.5 cm³/mol. The molecule has 0 unspecified atom stereocenters. The number of carbonyl (C=O) groups is 1. The SMILES string of the molecule is CC(C)(C)CNC(=O)C(F)(F)CCCCOCC(C)(C)C. The number of rotatable bonds is 8. The Hall–Kier alpha value is -0.710. The van der Waals surface area contributed by atoms with Crippen molar-refractivity contribution < 1.29 is 18.3 Å². The average molecular weight is 307 g/mol. The first-order valence-electron chi connectivity index (χ1n) is 7.57. The molecule has 0 bridgehead atoms. The highest BCUT2D eigenvalue weighted by Crippen LogP contribution is 2.22. The largest absolute Gasteiger partial charge is 0.381 e. The van der Waals surface area contributed by atoms with Crippen molar-refractivity contribution in [3.63, 3.8) is 0 Å². The summed E-state index contributed by atoms with van der Waals surface area (Å²) < 4.78 is 32.7. The minimum absolute atomic E-state index is 0.0801. The highest BCUT2D eigenvalue weighted by atomic mass is 19.3. The van der Waals surface area contributed by atoms with Crippen LogP contribution in [0.4, 0.5) is 8.78 Å². The second-order valence-corrected chi connectivity index (χ2v) is 8.02. The minimum Gasteiger partial charge on any atom is -0.381 e. The van der Waals surface area contributed by atoms with Gasteiger partial charge in [0.25, 0.3) is 5.91 Å². The van der Waals surface area contributed by atoms with Gasteiger partial charge in [0.05, 0.1) is 6.61 Å². The van der Waals surface area contributed by atoms with E-state index in [4.69, 9.17) is 4.74 Å². The van der Waals surface area contributed by atoms with Crippen LogP contribution < -0.4 is 5.32 Å². The smallest absolute Gasteiger partial charge is 0.324 e. The topological polar surface area (TPSA) is 38.3 Å². The Morgan fingerprint density at radius 1 is 1.00 bits per heavy atom. The fourth-order valence-electron chi connectivity index (χ4n) is 1.52. The van der Waals surface area contributed by atoms with Gasteiger partial charge in [0.2, 0.25) is 0 Å². The van der Waals surface area contributed by atoms with Crippen molar-refractivity contribution in [1.29, 1.82) is 0 Å². The van der Waals surface area contributed by atoms with Crippen LogP contribution >= 0.6 is 0 Å². The molecule has 0 aliphatic carbocycles. The molecule has 0 aliphatic rings. The molecule has 21 heavy (non-hydrogen) atoms. The summed E-state index contributed by atoms with van der Waals surface area (Å²) in [5.41, 5.74) is -0.122. The van der Waals surface area contributed by atoms with Gasteiger partial charge < -0.3 is 10.1 Å². The molecule has 0 aromatic carbocycles. The summed E-state index contributed by atoms with van der Waals surface area (Å²) in [5.74, 6) is -4.47. The lowest BCUT2D eigenvalue weighted by Crippen LogP contribution is -2.43. The summed E-state index contributed by atoms with van der Waals surface area (Å²) in [6.45, 7) is 13.1. The van der Waals surface area contributed by atoms with E-state index in [-0.39, 0.29) is 23.8 Å². The number of hydrogen-bond donors (Lipinski definition) is 1. The molecule has 3 nitrogen and oxygen atoms in total. The second kappa shape index (κ2) is 8.06. The maximum atomic E-state index is 13.6. The lowest BCUT2D eigenvalue weighted by Gasteiger charge is -2.22. The number of carbonyl (C=O) groups excluding carboxylic acids is 1. The highest BCUT2D eigenvalue weighted by molar-refractivity contribution is 5.83. The van der Waals surface area contributed by atoms with Crippen LogP contribution in [0.15, 0.2) is 0 Å². The zero-order valence-electron chi connectivity index (χ0n) is 14.3. The first-order valence-corrected chi connectivity index (χ1v) is 7.57. The third-order valence-corrected chi connectivity index (χ3v) is 2.68. The molecular weight excluding hydrogens is 276 g/mol. The van der Waals surface area contributed by atoms with E-state index in [0.29, 0.717) is 19.6 Å². The zero-order valence-corrected chi connectivity index (χ0v) is 14.3. The number of nitrogens with one attached hydrogen (secondary N) is 1. The number of ether oxygens (including phenoxy) is 1. The third kappa shape index (κ3) is 11.6. The van der Waals surface area contributed by atoms with Gasteiger partial charge in [0, 0.05) is 19.6 Å². The van der Waals surface area contributed by atoms with Crippen molar-refractivity contribution in [2.24, 2.45) is 10.8 Å². The normalized spacial score (nSPS) is 13.3. The van der Waals surface area contributed by atoms with Gasteiger partial charge in [0.15, 0.2) is 0 Å². The van der Waals surface area contributed by atoms with Crippen LogP contribution in [0.5, 0.6) is 0 Å². The Morgan fingerprint density at radius 2 is 1.57 bits per heavy atom. The Morgan fingerprint density at radius 3 is 2.05 bits per heavy atom. The van der Waals surface area contributed by atoms with Crippen LogP contribution in [0.25, 0.3) is 0 Å². The van der Waals surface area contributed by atoms with Crippen LogP contribution in [-0.4, -0.2) is 31.6 Å². The number of unbranched alkanes of at least 4 members (excludes halogenated alkanes) is 1. The number of hydrogen-bond acceptors (Lipinski definition) is 2. The fraction of sp³-hybridized carbons (Fsp3) is 0.938. The monoisotopic (exact) mass is 307 g/mol. The number of alkyl halides is 2. The molecule has 0 aromatic heterocycles. The molecule has 0 aromatic rings. The molecule has 0 rings (SSSR count). The van der Waals surface area contributed by atoms with Crippen molar-refractivity contribution in [3.05, 3.63) is 0 Å². The summed E-state index contributed by atoms with van der Waals surface area (Å²) in [7, 11) is 0. The van der Waals surface area contributed by atoms with E-state index in [1.165, 1.54) is 0 Å². The van der Waals surface area contributed by atoms with Gasteiger partial charge in [-0.3, -0.25) is 4.79 Å². The molecule has 0 atom stereocenters. The lowest BCUT2D eigenvalue weighted by molar-refractivity contribution is -0.147. The molecule has 0 aliphatic heterocycles. The molecule has 0 saturated carbocycles. The summed E-state index contributed by atoms with van der Waals surface area (Å²) in [4.78, 5) is 11.5. The predicted octanol–water partition coefficient (Wildman–Crippen LogP) is 4.02. The summed E-state index contributed by atoms with van der Waals surface area (Å²) in [6, 6.07) is 0. The van der Waals surface area contributed by atoms with Crippen LogP contribution in [0.1, 0.15) is 60.8 Å². The molecule has 0 saturated heterocycles. The van der Waals surface area contributed by atoms with E-state index in [0.717, 1.165) is 0 Å². The first-order chi connectivity index (χ1) is 9.33.